The first-order valence-electron chi connectivity index (χ1n) is 3.50. The van der Waals surface area contributed by atoms with Crippen LogP contribution in [0.2, 0.25) is 5.02 Å². The zero-order valence-electron chi connectivity index (χ0n) is 6.47. The third-order valence-corrected chi connectivity index (χ3v) is 4.10. The average molecular weight is 254 g/mol. The highest BCUT2D eigenvalue weighted by Crippen LogP contribution is 2.33. The normalized spacial score (nSPS) is 16.4. The van der Waals surface area contributed by atoms with Crippen molar-refractivity contribution in [3.05, 3.63) is 21.3 Å². The first-order valence-corrected chi connectivity index (χ1v) is 5.67. The predicted molar refractivity (Wildman–Crippen MR) is 56.1 cm³/mol. The number of thiophene rings is 1. The summed E-state index contributed by atoms with van der Waals surface area (Å²) in [7, 11) is 0. The Balaban J connectivity index is 2.84. The molecular formula is C8H10BrClS. The second-order valence-electron chi connectivity index (χ2n) is 2.60. The number of hydrogen-bond donors (Lipinski definition) is 0. The lowest BCUT2D eigenvalue weighted by Crippen LogP contribution is -2.02. The molecule has 2 atom stereocenters. The zero-order chi connectivity index (χ0) is 8.43. The van der Waals surface area contributed by atoms with Gasteiger partial charge in [0.1, 0.15) is 0 Å². The fourth-order valence-electron chi connectivity index (χ4n) is 0.839. The second kappa shape index (κ2) is 3.92. The quantitative estimate of drug-likeness (QED) is 0.690. The molecule has 1 aromatic heterocycles. The Labute approximate surface area is 84.7 Å². The van der Waals surface area contributed by atoms with Gasteiger partial charge in [-0.05, 0) is 11.4 Å². The van der Waals surface area contributed by atoms with Crippen molar-refractivity contribution in [2.75, 3.05) is 0 Å². The summed E-state index contributed by atoms with van der Waals surface area (Å²) in [6.07, 6.45) is 0. The lowest BCUT2D eigenvalue weighted by molar-refractivity contribution is 0.777. The van der Waals surface area contributed by atoms with Crippen molar-refractivity contribution in [1.29, 1.82) is 0 Å². The monoisotopic (exact) mass is 252 g/mol. The molecule has 1 rings (SSSR count). The van der Waals surface area contributed by atoms with Crippen LogP contribution in [-0.4, -0.2) is 4.83 Å². The summed E-state index contributed by atoms with van der Waals surface area (Å²) in [5.41, 5.74) is 0. The maximum atomic E-state index is 5.97. The van der Waals surface area contributed by atoms with Crippen molar-refractivity contribution in [3.63, 3.8) is 0 Å². The van der Waals surface area contributed by atoms with Crippen LogP contribution in [0.3, 0.4) is 0 Å². The van der Waals surface area contributed by atoms with Crippen molar-refractivity contribution in [2.24, 2.45) is 0 Å². The van der Waals surface area contributed by atoms with Gasteiger partial charge in [0, 0.05) is 15.6 Å². The minimum atomic E-state index is 0.485. The highest BCUT2D eigenvalue weighted by atomic mass is 79.9. The molecule has 62 valence electrons. The van der Waals surface area contributed by atoms with E-state index in [1.54, 1.807) is 11.3 Å². The average Bonchev–Trinajstić information content (AvgIpc) is 2.33. The van der Waals surface area contributed by atoms with E-state index in [1.807, 2.05) is 11.4 Å². The molecule has 3 heteroatoms. The molecule has 0 saturated carbocycles. The first kappa shape index (κ1) is 9.56. The van der Waals surface area contributed by atoms with Crippen LogP contribution in [0, 0.1) is 0 Å². The smallest absolute Gasteiger partial charge is 0.0548 e. The molecule has 0 aliphatic carbocycles. The van der Waals surface area contributed by atoms with Gasteiger partial charge in [0.2, 0.25) is 0 Å². The Bertz CT molecular complexity index is 232. The third-order valence-electron chi connectivity index (χ3n) is 1.75. The van der Waals surface area contributed by atoms with Crippen LogP contribution in [0.25, 0.3) is 0 Å². The first-order chi connectivity index (χ1) is 5.13. The number of alkyl halides is 1. The molecule has 1 aromatic rings. The van der Waals surface area contributed by atoms with Gasteiger partial charge in [-0.2, -0.15) is 0 Å². The van der Waals surface area contributed by atoms with E-state index in [4.69, 9.17) is 11.6 Å². The molecule has 0 saturated heterocycles. The molecule has 0 radical (unpaired) electrons. The van der Waals surface area contributed by atoms with E-state index in [-0.39, 0.29) is 0 Å². The summed E-state index contributed by atoms with van der Waals surface area (Å²) in [5.74, 6) is 0.502. The van der Waals surface area contributed by atoms with Gasteiger partial charge in [-0.1, -0.05) is 41.4 Å². The Morgan fingerprint density at radius 1 is 1.55 bits per heavy atom. The van der Waals surface area contributed by atoms with Gasteiger partial charge < -0.3 is 0 Å². The topological polar surface area (TPSA) is 0 Å². The molecule has 0 aromatic carbocycles. The van der Waals surface area contributed by atoms with Crippen LogP contribution in [0.5, 0.6) is 0 Å². The Kier molecular flexibility index (Phi) is 3.41. The van der Waals surface area contributed by atoms with E-state index in [1.165, 1.54) is 4.88 Å². The molecule has 2 unspecified atom stereocenters. The minimum absolute atomic E-state index is 0.485. The predicted octanol–water partition coefficient (Wildman–Crippen LogP) is 4.29. The number of halogens is 2. The molecule has 0 N–H and O–H groups in total. The maximum absolute atomic E-state index is 5.97. The third kappa shape index (κ3) is 2.20. The molecule has 1 heterocycles. The SMILES string of the molecule is CC(Br)C(C)c1sccc1Cl. The Morgan fingerprint density at radius 2 is 2.18 bits per heavy atom. The molecule has 0 nitrogen and oxygen atoms in total. The summed E-state index contributed by atoms with van der Waals surface area (Å²) in [5, 5.41) is 2.93. The van der Waals surface area contributed by atoms with E-state index in [2.05, 4.69) is 29.8 Å². The van der Waals surface area contributed by atoms with E-state index in [0.29, 0.717) is 10.7 Å². The Morgan fingerprint density at radius 3 is 2.55 bits per heavy atom. The van der Waals surface area contributed by atoms with Gasteiger partial charge in [0.05, 0.1) is 5.02 Å². The lowest BCUT2D eigenvalue weighted by atomic mass is 10.1. The summed E-state index contributed by atoms with van der Waals surface area (Å²) in [6.45, 7) is 4.32. The lowest BCUT2D eigenvalue weighted by Gasteiger charge is -2.11. The van der Waals surface area contributed by atoms with Crippen molar-refractivity contribution in [2.45, 2.75) is 24.6 Å². The fraction of sp³-hybridized carbons (Fsp3) is 0.500. The van der Waals surface area contributed by atoms with E-state index >= 15 is 0 Å². The molecule has 0 fully saturated rings. The van der Waals surface area contributed by atoms with Crippen LogP contribution in [-0.2, 0) is 0 Å². The molecule has 0 aliphatic rings. The summed E-state index contributed by atoms with van der Waals surface area (Å²) in [4.78, 5) is 1.76. The zero-order valence-corrected chi connectivity index (χ0v) is 9.63. The Hall–Kier alpha value is 0.470. The second-order valence-corrected chi connectivity index (χ2v) is 5.40. The van der Waals surface area contributed by atoms with Crippen LogP contribution >= 0.6 is 38.9 Å². The molecular weight excluding hydrogens is 244 g/mol. The van der Waals surface area contributed by atoms with E-state index in [0.717, 1.165) is 5.02 Å². The van der Waals surface area contributed by atoms with Gasteiger partial charge >= 0.3 is 0 Å². The summed E-state index contributed by atoms with van der Waals surface area (Å²) < 4.78 is 0. The number of rotatable bonds is 2. The van der Waals surface area contributed by atoms with Crippen LogP contribution in [0.15, 0.2) is 11.4 Å². The molecule has 0 amide bonds. The van der Waals surface area contributed by atoms with Crippen molar-refractivity contribution in [3.8, 4) is 0 Å². The van der Waals surface area contributed by atoms with Gasteiger partial charge in [-0.25, -0.2) is 0 Å². The highest BCUT2D eigenvalue weighted by Gasteiger charge is 2.15. The van der Waals surface area contributed by atoms with Crippen molar-refractivity contribution >= 4 is 38.9 Å². The molecule has 0 bridgehead atoms. The van der Waals surface area contributed by atoms with Crippen molar-refractivity contribution < 1.29 is 0 Å². The summed E-state index contributed by atoms with van der Waals surface area (Å²) in [6, 6.07) is 1.95. The molecule has 0 spiro atoms. The fourth-order valence-corrected chi connectivity index (χ4v) is 2.67. The van der Waals surface area contributed by atoms with Crippen molar-refractivity contribution in [1.82, 2.24) is 0 Å². The molecule has 0 aliphatic heterocycles. The van der Waals surface area contributed by atoms with Crippen LogP contribution < -0.4 is 0 Å². The van der Waals surface area contributed by atoms with Gasteiger partial charge in [-0.15, -0.1) is 11.3 Å². The van der Waals surface area contributed by atoms with Gasteiger partial charge in [-0.3, -0.25) is 0 Å². The van der Waals surface area contributed by atoms with E-state index < -0.39 is 0 Å². The standard InChI is InChI=1S/C8H10BrClS/c1-5(6(2)9)8-7(10)3-4-11-8/h3-6H,1-2H3. The van der Waals surface area contributed by atoms with Gasteiger partial charge in [0.25, 0.3) is 0 Å². The highest BCUT2D eigenvalue weighted by molar-refractivity contribution is 9.09. The maximum Gasteiger partial charge on any atom is 0.0548 e. The van der Waals surface area contributed by atoms with E-state index in [9.17, 15) is 0 Å². The molecule has 11 heavy (non-hydrogen) atoms. The summed E-state index contributed by atoms with van der Waals surface area (Å²) >= 11 is 11.2. The van der Waals surface area contributed by atoms with Crippen LogP contribution in [0.1, 0.15) is 24.6 Å². The van der Waals surface area contributed by atoms with Gasteiger partial charge in [0.15, 0.2) is 0 Å². The van der Waals surface area contributed by atoms with Crippen LogP contribution in [0.4, 0.5) is 0 Å². The largest absolute Gasteiger partial charge is 0.147 e. The minimum Gasteiger partial charge on any atom is -0.147 e. The number of hydrogen-bond acceptors (Lipinski definition) is 1.